The lowest BCUT2D eigenvalue weighted by atomic mass is 9.80. The predicted molar refractivity (Wildman–Crippen MR) is 128 cm³/mol. The minimum atomic E-state index is -4.49. The molecule has 2 aromatic carbocycles. The Kier molecular flexibility index (Phi) is 7.46. The van der Waals surface area contributed by atoms with Crippen molar-refractivity contribution in [2.45, 2.75) is 83.8 Å². The maximum atomic E-state index is 13.7. The van der Waals surface area contributed by atoms with Crippen LogP contribution in [0.25, 0.3) is 0 Å². The van der Waals surface area contributed by atoms with E-state index in [0.717, 1.165) is 60.9 Å². The van der Waals surface area contributed by atoms with Crippen LogP contribution < -0.4 is 0 Å². The topological polar surface area (TPSA) is 38.8 Å². The van der Waals surface area contributed by atoms with E-state index in [2.05, 4.69) is 6.07 Å². The van der Waals surface area contributed by atoms with Gasteiger partial charge in [0.05, 0.1) is 17.7 Å². The first-order chi connectivity index (χ1) is 16.6. The molecule has 1 amide bonds. The fourth-order valence-electron chi connectivity index (χ4n) is 5.76. The molecule has 7 heteroatoms. The Labute approximate surface area is 205 Å². The Morgan fingerprint density at radius 1 is 1.06 bits per heavy atom. The SMILES string of the molecule is CO[C@H](c1ccc(C(F)(F)F)cc1[C@@H]1OC(=O)N(Cc2cc(C)cc(C)c2)[C@H]1C)C1CCCCC1. The van der Waals surface area contributed by atoms with Crippen LogP contribution in [0.5, 0.6) is 0 Å². The van der Waals surface area contributed by atoms with Crippen LogP contribution in [0.3, 0.4) is 0 Å². The number of carbonyl (C=O) groups excluding carboxylic acids is 1. The van der Waals surface area contributed by atoms with E-state index in [1.54, 1.807) is 12.0 Å². The zero-order chi connectivity index (χ0) is 25.3. The molecule has 1 heterocycles. The zero-order valence-electron chi connectivity index (χ0n) is 20.8. The summed E-state index contributed by atoms with van der Waals surface area (Å²) in [6, 6.07) is 9.44. The number of hydrogen-bond acceptors (Lipinski definition) is 3. The first kappa shape index (κ1) is 25.5. The summed E-state index contributed by atoms with van der Waals surface area (Å²) < 4.78 is 52.7. The molecule has 1 aliphatic heterocycles. The molecule has 1 saturated heterocycles. The van der Waals surface area contributed by atoms with Gasteiger partial charge in [0.2, 0.25) is 0 Å². The lowest BCUT2D eigenvalue weighted by Crippen LogP contribution is -2.32. The first-order valence-corrected chi connectivity index (χ1v) is 12.4. The molecule has 1 aliphatic carbocycles. The third-order valence-corrected chi connectivity index (χ3v) is 7.39. The summed E-state index contributed by atoms with van der Waals surface area (Å²) in [4.78, 5) is 14.5. The average molecular weight is 490 g/mol. The molecular weight excluding hydrogens is 455 g/mol. The number of aryl methyl sites for hydroxylation is 2. The minimum absolute atomic E-state index is 0.225. The molecule has 35 heavy (non-hydrogen) atoms. The Bertz CT molecular complexity index is 1040. The second kappa shape index (κ2) is 10.2. The summed E-state index contributed by atoms with van der Waals surface area (Å²) in [7, 11) is 1.61. The van der Waals surface area contributed by atoms with E-state index in [4.69, 9.17) is 9.47 Å². The molecule has 2 fully saturated rings. The number of hydrogen-bond donors (Lipinski definition) is 0. The summed E-state index contributed by atoms with van der Waals surface area (Å²) in [6.07, 6.45) is -0.897. The molecule has 0 unspecified atom stereocenters. The second-order valence-corrected chi connectivity index (χ2v) is 10.1. The third-order valence-electron chi connectivity index (χ3n) is 7.39. The van der Waals surface area contributed by atoms with Gasteiger partial charge in [-0.1, -0.05) is 54.7 Å². The maximum absolute atomic E-state index is 13.7. The van der Waals surface area contributed by atoms with Crippen molar-refractivity contribution in [2.24, 2.45) is 5.92 Å². The first-order valence-electron chi connectivity index (χ1n) is 12.4. The van der Waals surface area contributed by atoms with Gasteiger partial charge in [-0.25, -0.2) is 4.79 Å². The minimum Gasteiger partial charge on any atom is -0.439 e. The molecule has 4 nitrogen and oxygen atoms in total. The fraction of sp³-hybridized carbons (Fsp3) is 0.536. The molecule has 2 aliphatic rings. The van der Waals surface area contributed by atoms with Crippen LogP contribution in [0.4, 0.5) is 18.0 Å². The van der Waals surface area contributed by atoms with E-state index in [1.807, 2.05) is 32.9 Å². The van der Waals surface area contributed by atoms with Crippen molar-refractivity contribution in [1.29, 1.82) is 0 Å². The molecule has 190 valence electrons. The average Bonchev–Trinajstić information content (AvgIpc) is 3.07. The van der Waals surface area contributed by atoms with Crippen molar-refractivity contribution < 1.29 is 27.4 Å². The molecule has 4 rings (SSSR count). The van der Waals surface area contributed by atoms with Crippen LogP contribution in [0.1, 0.15) is 84.6 Å². The molecule has 0 bridgehead atoms. The molecular formula is C28H34F3NO3. The summed E-state index contributed by atoms with van der Waals surface area (Å²) in [5.41, 5.74) is 3.48. The number of halogens is 3. The van der Waals surface area contributed by atoms with Gasteiger partial charge in [0, 0.05) is 19.2 Å². The predicted octanol–water partition coefficient (Wildman–Crippen LogP) is 7.67. The number of rotatable bonds is 6. The van der Waals surface area contributed by atoms with E-state index in [9.17, 15) is 18.0 Å². The van der Waals surface area contributed by atoms with E-state index < -0.39 is 30.0 Å². The van der Waals surface area contributed by atoms with Gasteiger partial charge in [-0.05, 0) is 62.8 Å². The highest BCUT2D eigenvalue weighted by molar-refractivity contribution is 5.71. The maximum Gasteiger partial charge on any atom is 0.416 e. The van der Waals surface area contributed by atoms with Crippen molar-refractivity contribution in [1.82, 2.24) is 4.90 Å². The monoisotopic (exact) mass is 489 g/mol. The highest BCUT2D eigenvalue weighted by Crippen LogP contribution is 2.44. The van der Waals surface area contributed by atoms with Crippen molar-refractivity contribution in [3.05, 3.63) is 69.8 Å². The molecule has 1 saturated carbocycles. The van der Waals surface area contributed by atoms with Crippen LogP contribution >= 0.6 is 0 Å². The van der Waals surface area contributed by atoms with Crippen LogP contribution in [-0.2, 0) is 22.2 Å². The summed E-state index contributed by atoms with van der Waals surface area (Å²) in [5, 5.41) is 0. The molecule has 2 aromatic rings. The standard InChI is InChI=1S/C28H34F3NO3/c1-17-12-18(2)14-20(13-17)16-32-19(3)25(35-27(32)33)24-15-22(28(29,30)31)10-11-23(24)26(34-4)21-8-6-5-7-9-21/h10-15,19,21,25-26H,5-9,16H2,1-4H3/t19-,25+,26-/m0/s1. The number of alkyl halides is 3. The molecule has 0 radical (unpaired) electrons. The lowest BCUT2D eigenvalue weighted by molar-refractivity contribution is -0.137. The van der Waals surface area contributed by atoms with Crippen LogP contribution in [0.2, 0.25) is 0 Å². The highest BCUT2D eigenvalue weighted by atomic mass is 19.4. The van der Waals surface area contributed by atoms with Crippen LogP contribution in [0, 0.1) is 19.8 Å². The number of amides is 1. The van der Waals surface area contributed by atoms with Gasteiger partial charge in [-0.15, -0.1) is 0 Å². The highest BCUT2D eigenvalue weighted by Gasteiger charge is 2.43. The number of nitrogens with zero attached hydrogens (tertiary/aromatic N) is 1. The van der Waals surface area contributed by atoms with Gasteiger partial charge >= 0.3 is 12.3 Å². The Hall–Kier alpha value is -2.54. The number of cyclic esters (lactones) is 1. The van der Waals surface area contributed by atoms with E-state index >= 15 is 0 Å². The molecule has 0 N–H and O–H groups in total. The van der Waals surface area contributed by atoms with E-state index in [1.165, 1.54) is 6.07 Å². The van der Waals surface area contributed by atoms with Crippen molar-refractivity contribution >= 4 is 6.09 Å². The largest absolute Gasteiger partial charge is 0.439 e. The molecule has 0 spiro atoms. The van der Waals surface area contributed by atoms with Crippen molar-refractivity contribution in [3.8, 4) is 0 Å². The van der Waals surface area contributed by atoms with Gasteiger partial charge in [0.25, 0.3) is 0 Å². The molecule has 3 atom stereocenters. The summed E-state index contributed by atoms with van der Waals surface area (Å²) in [6.45, 7) is 6.17. The molecule has 0 aromatic heterocycles. The van der Waals surface area contributed by atoms with Crippen molar-refractivity contribution in [2.75, 3.05) is 7.11 Å². The summed E-state index contributed by atoms with van der Waals surface area (Å²) in [5.74, 6) is 0.225. The number of ether oxygens (including phenoxy) is 2. The van der Waals surface area contributed by atoms with Crippen molar-refractivity contribution in [3.63, 3.8) is 0 Å². The Balaban J connectivity index is 1.70. The van der Waals surface area contributed by atoms with Gasteiger partial charge in [-0.2, -0.15) is 13.2 Å². The van der Waals surface area contributed by atoms with Crippen LogP contribution in [-0.4, -0.2) is 24.1 Å². The Morgan fingerprint density at radius 3 is 2.31 bits per heavy atom. The van der Waals surface area contributed by atoms with E-state index in [0.29, 0.717) is 17.7 Å². The summed E-state index contributed by atoms with van der Waals surface area (Å²) >= 11 is 0. The number of carbonyl (C=O) groups is 1. The Morgan fingerprint density at radius 2 is 1.71 bits per heavy atom. The number of benzene rings is 2. The van der Waals surface area contributed by atoms with E-state index in [-0.39, 0.29) is 12.0 Å². The van der Waals surface area contributed by atoms with Gasteiger partial charge in [-0.3, -0.25) is 4.90 Å². The fourth-order valence-corrected chi connectivity index (χ4v) is 5.76. The number of methoxy groups -OCH3 is 1. The van der Waals surface area contributed by atoms with Gasteiger partial charge in [0.15, 0.2) is 0 Å². The normalized spacial score (nSPS) is 22.4. The quantitative estimate of drug-likeness (QED) is 0.418. The second-order valence-electron chi connectivity index (χ2n) is 10.1. The van der Waals surface area contributed by atoms with Gasteiger partial charge < -0.3 is 9.47 Å². The zero-order valence-corrected chi connectivity index (χ0v) is 20.8. The third kappa shape index (κ3) is 5.50. The van der Waals surface area contributed by atoms with Crippen LogP contribution in [0.15, 0.2) is 36.4 Å². The smallest absolute Gasteiger partial charge is 0.416 e. The van der Waals surface area contributed by atoms with Gasteiger partial charge in [0.1, 0.15) is 6.10 Å². The lowest BCUT2D eigenvalue weighted by Gasteiger charge is -2.32.